The topological polar surface area (TPSA) is 3.24 Å². The van der Waals surface area contributed by atoms with Crippen LogP contribution in [0.5, 0.6) is 0 Å². The lowest BCUT2D eigenvalue weighted by Crippen LogP contribution is -2.61. The number of piperidine rings is 3. The average Bonchev–Trinajstić information content (AvgIpc) is 2.44. The van der Waals surface area contributed by atoms with Gasteiger partial charge in [-0.05, 0) is 69.5 Å². The van der Waals surface area contributed by atoms with Crippen molar-refractivity contribution >= 4 is 0 Å². The molecule has 0 spiro atoms. The van der Waals surface area contributed by atoms with E-state index in [2.05, 4.69) is 56.0 Å². The van der Waals surface area contributed by atoms with Crippen LogP contribution in [-0.2, 0) is 0 Å². The van der Waals surface area contributed by atoms with E-state index in [1.54, 1.807) is 0 Å². The van der Waals surface area contributed by atoms with Crippen molar-refractivity contribution in [3.63, 3.8) is 0 Å². The number of nitrogens with zero attached hydrogens (tertiary/aromatic N) is 1. The molecule has 2 atom stereocenters. The molecule has 1 aromatic carbocycles. The Morgan fingerprint density at radius 3 is 2.37 bits per heavy atom. The van der Waals surface area contributed by atoms with Crippen LogP contribution in [0.4, 0.5) is 0 Å². The van der Waals surface area contributed by atoms with Crippen LogP contribution < -0.4 is 0 Å². The van der Waals surface area contributed by atoms with E-state index in [1.165, 1.54) is 37.9 Å². The van der Waals surface area contributed by atoms with E-state index in [9.17, 15) is 0 Å². The van der Waals surface area contributed by atoms with Crippen LogP contribution in [0.1, 0.15) is 51.5 Å². The van der Waals surface area contributed by atoms with Gasteiger partial charge in [0.15, 0.2) is 0 Å². The van der Waals surface area contributed by atoms with Gasteiger partial charge < -0.3 is 0 Å². The first-order chi connectivity index (χ1) is 9.09. The number of fused-ring (bicyclic) bond motifs is 3. The van der Waals surface area contributed by atoms with Gasteiger partial charge in [0.05, 0.1) is 0 Å². The average molecular weight is 257 g/mol. The van der Waals surface area contributed by atoms with Crippen molar-refractivity contribution in [3.8, 4) is 0 Å². The zero-order valence-corrected chi connectivity index (χ0v) is 12.6. The lowest BCUT2D eigenvalue weighted by molar-refractivity contribution is -0.0698. The maximum absolute atomic E-state index is 2.73. The molecule has 0 amide bonds. The molecule has 1 aromatic rings. The first-order valence-corrected chi connectivity index (χ1v) is 7.89. The van der Waals surface area contributed by atoms with E-state index in [4.69, 9.17) is 0 Å². The summed E-state index contributed by atoms with van der Waals surface area (Å²) >= 11 is 0. The zero-order chi connectivity index (χ0) is 13.5. The predicted octanol–water partition coefficient (Wildman–Crippen LogP) is 4.30. The van der Waals surface area contributed by atoms with Crippen LogP contribution in [0.3, 0.4) is 0 Å². The van der Waals surface area contributed by atoms with Crippen LogP contribution in [0.25, 0.3) is 0 Å². The summed E-state index contributed by atoms with van der Waals surface area (Å²) in [5.74, 6) is 2.52. The van der Waals surface area contributed by atoms with E-state index in [1.807, 2.05) is 0 Å². The second kappa shape index (κ2) is 4.94. The molecule has 1 nitrogen and oxygen atoms in total. The molecule has 3 aliphatic heterocycles. The summed E-state index contributed by atoms with van der Waals surface area (Å²) in [5, 5.41) is 0. The van der Waals surface area contributed by atoms with Gasteiger partial charge >= 0.3 is 0 Å². The van der Waals surface area contributed by atoms with Gasteiger partial charge in [-0.1, -0.05) is 37.3 Å². The maximum atomic E-state index is 2.73. The summed E-state index contributed by atoms with van der Waals surface area (Å²) in [7, 11) is 0. The first-order valence-electron chi connectivity index (χ1n) is 7.89. The van der Waals surface area contributed by atoms with Crippen molar-refractivity contribution in [2.75, 3.05) is 13.1 Å². The molecular formula is C18H27N. The number of rotatable bonds is 3. The lowest BCUT2D eigenvalue weighted by Gasteiger charge is -2.57. The molecule has 0 unspecified atom stereocenters. The Balaban J connectivity index is 1.75. The second-order valence-electron chi connectivity index (χ2n) is 7.13. The van der Waals surface area contributed by atoms with Gasteiger partial charge in [0, 0.05) is 5.54 Å². The molecule has 0 radical (unpaired) electrons. The van der Waals surface area contributed by atoms with Gasteiger partial charge in [0.2, 0.25) is 0 Å². The molecule has 1 heteroatoms. The van der Waals surface area contributed by atoms with E-state index in [0.29, 0.717) is 11.5 Å². The highest BCUT2D eigenvalue weighted by Gasteiger charge is 2.47. The van der Waals surface area contributed by atoms with Crippen molar-refractivity contribution in [2.45, 2.75) is 51.5 Å². The highest BCUT2D eigenvalue weighted by atomic mass is 15.2. The molecule has 104 valence electrons. The van der Waals surface area contributed by atoms with Gasteiger partial charge in [-0.3, -0.25) is 4.90 Å². The molecule has 19 heavy (non-hydrogen) atoms. The Morgan fingerprint density at radius 2 is 1.79 bits per heavy atom. The summed E-state index contributed by atoms with van der Waals surface area (Å²) in [5.41, 5.74) is 1.92. The van der Waals surface area contributed by atoms with Crippen LogP contribution in [-0.4, -0.2) is 23.5 Å². The van der Waals surface area contributed by atoms with Crippen molar-refractivity contribution in [2.24, 2.45) is 11.8 Å². The van der Waals surface area contributed by atoms with Crippen molar-refractivity contribution < 1.29 is 0 Å². The molecule has 0 aromatic heterocycles. The highest BCUT2D eigenvalue weighted by molar-refractivity contribution is 5.19. The third-order valence-electron chi connectivity index (χ3n) is 5.81. The van der Waals surface area contributed by atoms with Crippen molar-refractivity contribution in [3.05, 3.63) is 35.9 Å². The quantitative estimate of drug-likeness (QED) is 0.780. The van der Waals surface area contributed by atoms with Gasteiger partial charge in [-0.15, -0.1) is 0 Å². The van der Waals surface area contributed by atoms with E-state index < -0.39 is 0 Å². The highest BCUT2D eigenvalue weighted by Crippen LogP contribution is 2.47. The van der Waals surface area contributed by atoms with Gasteiger partial charge in [0.1, 0.15) is 0 Å². The second-order valence-corrected chi connectivity index (χ2v) is 7.13. The standard InChI is InChI=1S/C18H27N/c1-14(15-7-5-4-6-8-15)13-17-16-9-11-19(12-10-16)18(17,2)3/h4-8,14,16-17H,9-13H2,1-3H3/t14-,17+/m0/s1. The van der Waals surface area contributed by atoms with Crippen molar-refractivity contribution in [1.29, 1.82) is 0 Å². The fourth-order valence-corrected chi connectivity index (χ4v) is 4.47. The monoisotopic (exact) mass is 257 g/mol. The molecule has 3 heterocycles. The molecule has 3 saturated heterocycles. The van der Waals surface area contributed by atoms with Gasteiger partial charge in [0.25, 0.3) is 0 Å². The maximum Gasteiger partial charge on any atom is 0.0184 e. The van der Waals surface area contributed by atoms with Crippen LogP contribution in [0, 0.1) is 11.8 Å². The Hall–Kier alpha value is -0.820. The molecular weight excluding hydrogens is 230 g/mol. The minimum Gasteiger partial charge on any atom is -0.298 e. The number of hydrogen-bond acceptors (Lipinski definition) is 1. The third kappa shape index (κ3) is 2.33. The summed E-state index contributed by atoms with van der Waals surface area (Å²) in [4.78, 5) is 2.73. The number of hydrogen-bond donors (Lipinski definition) is 0. The Kier molecular flexibility index (Phi) is 3.42. The van der Waals surface area contributed by atoms with E-state index >= 15 is 0 Å². The molecule has 3 aliphatic rings. The SMILES string of the molecule is C[C@@H](C[C@@H]1C2CCN(CC2)C1(C)C)c1ccccc1. The predicted molar refractivity (Wildman–Crippen MR) is 81.3 cm³/mol. The van der Waals surface area contributed by atoms with E-state index in [-0.39, 0.29) is 0 Å². The summed E-state index contributed by atoms with van der Waals surface area (Å²) in [6.07, 6.45) is 4.20. The molecule has 2 bridgehead atoms. The minimum atomic E-state index is 0.407. The third-order valence-corrected chi connectivity index (χ3v) is 5.81. The normalized spacial score (nSPS) is 34.2. The number of benzene rings is 1. The van der Waals surface area contributed by atoms with Crippen LogP contribution in [0.15, 0.2) is 30.3 Å². The van der Waals surface area contributed by atoms with Crippen LogP contribution >= 0.6 is 0 Å². The minimum absolute atomic E-state index is 0.407. The van der Waals surface area contributed by atoms with E-state index in [0.717, 1.165) is 11.8 Å². The summed E-state index contributed by atoms with van der Waals surface area (Å²) in [6.45, 7) is 10.0. The zero-order valence-electron chi connectivity index (χ0n) is 12.6. The Labute approximate surface area is 118 Å². The van der Waals surface area contributed by atoms with Gasteiger partial charge in [-0.25, -0.2) is 0 Å². The fraction of sp³-hybridized carbons (Fsp3) is 0.667. The van der Waals surface area contributed by atoms with Crippen molar-refractivity contribution in [1.82, 2.24) is 4.90 Å². The smallest absolute Gasteiger partial charge is 0.0184 e. The molecule has 0 N–H and O–H groups in total. The van der Waals surface area contributed by atoms with Crippen LogP contribution in [0.2, 0.25) is 0 Å². The lowest BCUT2D eigenvalue weighted by atomic mass is 9.64. The first kappa shape index (κ1) is 13.2. The Bertz CT molecular complexity index is 415. The Morgan fingerprint density at radius 1 is 1.16 bits per heavy atom. The fourth-order valence-electron chi connectivity index (χ4n) is 4.47. The summed E-state index contributed by atoms with van der Waals surface area (Å²) < 4.78 is 0. The molecule has 0 saturated carbocycles. The molecule has 0 aliphatic carbocycles. The van der Waals surface area contributed by atoms with Gasteiger partial charge in [-0.2, -0.15) is 0 Å². The molecule has 3 fully saturated rings. The molecule has 4 rings (SSSR count). The largest absolute Gasteiger partial charge is 0.298 e. The summed E-state index contributed by atoms with van der Waals surface area (Å²) in [6, 6.07) is 11.0.